The molecule has 1 aromatic rings. The lowest BCUT2D eigenvalue weighted by Gasteiger charge is -2.21. The summed E-state index contributed by atoms with van der Waals surface area (Å²) in [6.07, 6.45) is 0. The van der Waals surface area contributed by atoms with Crippen LogP contribution in [0.2, 0.25) is 0 Å². The second-order valence-electron chi connectivity index (χ2n) is 5.19. The topological polar surface area (TPSA) is 101 Å². The van der Waals surface area contributed by atoms with Gasteiger partial charge in [0.15, 0.2) is 0 Å². The van der Waals surface area contributed by atoms with Gasteiger partial charge in [0, 0.05) is 5.56 Å². The van der Waals surface area contributed by atoms with Crippen LogP contribution >= 0.6 is 0 Å². The molecule has 1 atom stereocenters. The first-order chi connectivity index (χ1) is 9.82. The summed E-state index contributed by atoms with van der Waals surface area (Å²) in [6, 6.07) is 6.40. The number of nitrogens with two attached hydrogens (primary N) is 1. The largest absolute Gasteiger partial charge is 0.368 e. The molecule has 1 aromatic carbocycles. The highest BCUT2D eigenvalue weighted by atomic mass is 16.2. The van der Waals surface area contributed by atoms with Crippen LogP contribution in [0.15, 0.2) is 24.3 Å². The maximum atomic E-state index is 12.2. The molecule has 6 nitrogen and oxygen atoms in total. The van der Waals surface area contributed by atoms with Gasteiger partial charge in [-0.1, -0.05) is 32.0 Å². The van der Waals surface area contributed by atoms with Gasteiger partial charge in [0.05, 0.1) is 6.54 Å². The zero-order valence-corrected chi connectivity index (χ0v) is 12.5. The Labute approximate surface area is 124 Å². The molecule has 0 aliphatic heterocycles. The molecule has 0 unspecified atom stereocenters. The van der Waals surface area contributed by atoms with Crippen molar-refractivity contribution < 1.29 is 14.4 Å². The van der Waals surface area contributed by atoms with Crippen LogP contribution in [0.25, 0.3) is 0 Å². The molecule has 0 radical (unpaired) electrons. The molecule has 0 spiro atoms. The Morgan fingerprint density at radius 1 is 1.19 bits per heavy atom. The molecule has 0 saturated heterocycles. The lowest BCUT2D eigenvalue weighted by atomic mass is 10.0. The van der Waals surface area contributed by atoms with Gasteiger partial charge in [0.25, 0.3) is 5.91 Å². The van der Waals surface area contributed by atoms with Crippen LogP contribution in [0.3, 0.4) is 0 Å². The third-order valence-electron chi connectivity index (χ3n) is 3.06. The zero-order chi connectivity index (χ0) is 16.0. The minimum atomic E-state index is -0.726. The Kier molecular flexibility index (Phi) is 5.90. The normalized spacial score (nSPS) is 11.8. The van der Waals surface area contributed by atoms with Crippen LogP contribution in [0, 0.1) is 12.8 Å². The predicted octanol–water partition coefficient (Wildman–Crippen LogP) is 0.351. The van der Waals surface area contributed by atoms with Gasteiger partial charge in [-0.05, 0) is 24.5 Å². The summed E-state index contributed by atoms with van der Waals surface area (Å²) in [5.74, 6) is -1.49. The highest BCUT2D eigenvalue weighted by Gasteiger charge is 2.25. The molecule has 4 N–H and O–H groups in total. The molecule has 21 heavy (non-hydrogen) atoms. The third-order valence-corrected chi connectivity index (χ3v) is 3.06. The standard InChI is InChI=1S/C15H21N3O3/c1-9(2)13(15(21)17-8-12(16)19)18-14(20)11-7-5-4-6-10(11)3/h4-7,9,13H,8H2,1-3H3,(H2,16,19)(H,17,21)(H,18,20)/t13-/m0/s1. The fourth-order valence-electron chi connectivity index (χ4n) is 1.87. The van der Waals surface area contributed by atoms with E-state index in [9.17, 15) is 14.4 Å². The molecule has 3 amide bonds. The first-order valence-corrected chi connectivity index (χ1v) is 6.75. The van der Waals surface area contributed by atoms with Gasteiger partial charge < -0.3 is 16.4 Å². The highest BCUT2D eigenvalue weighted by molar-refractivity contribution is 5.99. The SMILES string of the molecule is Cc1ccccc1C(=O)N[C@H](C(=O)NCC(N)=O)C(C)C. The minimum absolute atomic E-state index is 0.120. The zero-order valence-electron chi connectivity index (χ0n) is 12.5. The number of primary amides is 1. The summed E-state index contributed by atoms with van der Waals surface area (Å²) in [7, 11) is 0. The predicted molar refractivity (Wildman–Crippen MR) is 79.5 cm³/mol. The Morgan fingerprint density at radius 3 is 2.33 bits per heavy atom. The molecule has 0 aliphatic rings. The quantitative estimate of drug-likeness (QED) is 0.705. The van der Waals surface area contributed by atoms with Crippen LogP contribution in [0.4, 0.5) is 0 Å². The van der Waals surface area contributed by atoms with Crippen molar-refractivity contribution >= 4 is 17.7 Å². The summed E-state index contributed by atoms with van der Waals surface area (Å²) in [6.45, 7) is 5.20. The van der Waals surface area contributed by atoms with E-state index in [4.69, 9.17) is 5.73 Å². The average molecular weight is 291 g/mol. The number of hydrogen-bond donors (Lipinski definition) is 3. The van der Waals surface area contributed by atoms with Crippen LogP contribution in [-0.2, 0) is 9.59 Å². The van der Waals surface area contributed by atoms with Crippen molar-refractivity contribution in [2.75, 3.05) is 6.54 Å². The van der Waals surface area contributed by atoms with Gasteiger partial charge in [-0.2, -0.15) is 0 Å². The van der Waals surface area contributed by atoms with Gasteiger partial charge in [0.2, 0.25) is 11.8 Å². The summed E-state index contributed by atoms with van der Waals surface area (Å²) in [4.78, 5) is 35.0. The van der Waals surface area contributed by atoms with E-state index in [0.29, 0.717) is 5.56 Å². The van der Waals surface area contributed by atoms with Crippen molar-refractivity contribution in [1.82, 2.24) is 10.6 Å². The fourth-order valence-corrected chi connectivity index (χ4v) is 1.87. The number of nitrogens with one attached hydrogen (secondary N) is 2. The van der Waals surface area contributed by atoms with Crippen molar-refractivity contribution in [2.45, 2.75) is 26.8 Å². The van der Waals surface area contributed by atoms with Gasteiger partial charge >= 0.3 is 0 Å². The molecule has 0 bridgehead atoms. The Hall–Kier alpha value is -2.37. The minimum Gasteiger partial charge on any atom is -0.368 e. The number of aryl methyl sites for hydroxylation is 1. The fraction of sp³-hybridized carbons (Fsp3) is 0.400. The smallest absolute Gasteiger partial charge is 0.252 e. The molecular weight excluding hydrogens is 270 g/mol. The lowest BCUT2D eigenvalue weighted by molar-refractivity contribution is -0.126. The van der Waals surface area contributed by atoms with E-state index in [-0.39, 0.29) is 18.4 Å². The summed E-state index contributed by atoms with van der Waals surface area (Å²) < 4.78 is 0. The second kappa shape index (κ2) is 7.42. The average Bonchev–Trinajstić information content (AvgIpc) is 2.42. The van der Waals surface area contributed by atoms with E-state index >= 15 is 0 Å². The van der Waals surface area contributed by atoms with Crippen LogP contribution in [0.5, 0.6) is 0 Å². The van der Waals surface area contributed by atoms with Crippen molar-refractivity contribution in [3.63, 3.8) is 0 Å². The van der Waals surface area contributed by atoms with Crippen molar-refractivity contribution in [1.29, 1.82) is 0 Å². The number of carbonyl (C=O) groups is 3. The van der Waals surface area contributed by atoms with E-state index in [2.05, 4.69) is 10.6 Å². The van der Waals surface area contributed by atoms with Gasteiger partial charge in [-0.3, -0.25) is 14.4 Å². The lowest BCUT2D eigenvalue weighted by Crippen LogP contribution is -2.51. The molecule has 0 heterocycles. The number of carbonyl (C=O) groups excluding carboxylic acids is 3. The van der Waals surface area contributed by atoms with Crippen molar-refractivity contribution in [3.8, 4) is 0 Å². The van der Waals surface area contributed by atoms with E-state index < -0.39 is 17.9 Å². The third kappa shape index (κ3) is 4.91. The van der Waals surface area contributed by atoms with Crippen LogP contribution in [-0.4, -0.2) is 30.3 Å². The molecule has 6 heteroatoms. The molecule has 0 aromatic heterocycles. The van der Waals surface area contributed by atoms with Gasteiger partial charge in [0.1, 0.15) is 6.04 Å². The molecule has 114 valence electrons. The number of rotatable bonds is 6. The molecule has 0 aliphatic carbocycles. The molecule has 0 fully saturated rings. The Bertz CT molecular complexity index is 541. The Morgan fingerprint density at radius 2 is 1.81 bits per heavy atom. The second-order valence-corrected chi connectivity index (χ2v) is 5.19. The Balaban J connectivity index is 2.79. The van der Waals surface area contributed by atoms with E-state index in [0.717, 1.165) is 5.56 Å². The first-order valence-electron chi connectivity index (χ1n) is 6.75. The molecule has 0 saturated carbocycles. The molecule has 1 rings (SSSR count). The highest BCUT2D eigenvalue weighted by Crippen LogP contribution is 2.09. The van der Waals surface area contributed by atoms with Crippen LogP contribution < -0.4 is 16.4 Å². The van der Waals surface area contributed by atoms with Crippen molar-refractivity contribution in [2.24, 2.45) is 11.7 Å². The molecular formula is C15H21N3O3. The number of benzene rings is 1. The van der Waals surface area contributed by atoms with Gasteiger partial charge in [-0.15, -0.1) is 0 Å². The van der Waals surface area contributed by atoms with Crippen LogP contribution in [0.1, 0.15) is 29.8 Å². The van der Waals surface area contributed by atoms with Gasteiger partial charge in [-0.25, -0.2) is 0 Å². The monoisotopic (exact) mass is 291 g/mol. The number of hydrogen-bond acceptors (Lipinski definition) is 3. The summed E-state index contributed by atoms with van der Waals surface area (Å²) >= 11 is 0. The summed E-state index contributed by atoms with van der Waals surface area (Å²) in [5, 5.41) is 5.10. The summed E-state index contributed by atoms with van der Waals surface area (Å²) in [5.41, 5.74) is 6.34. The first kappa shape index (κ1) is 16.7. The van der Waals surface area contributed by atoms with E-state index in [1.54, 1.807) is 12.1 Å². The van der Waals surface area contributed by atoms with E-state index in [1.807, 2.05) is 32.9 Å². The van der Waals surface area contributed by atoms with E-state index in [1.165, 1.54) is 0 Å². The maximum absolute atomic E-state index is 12.2. The maximum Gasteiger partial charge on any atom is 0.252 e. The number of amides is 3. The van der Waals surface area contributed by atoms with Crippen molar-refractivity contribution in [3.05, 3.63) is 35.4 Å².